The zero-order chi connectivity index (χ0) is 43.0. The molecule has 3 fully saturated rings. The number of hydrogen-bond donors (Lipinski definition) is 7. The second kappa shape index (κ2) is 20.2. The summed E-state index contributed by atoms with van der Waals surface area (Å²) in [6.07, 6.45) is -11.0. The van der Waals surface area contributed by atoms with Crippen molar-refractivity contribution < 1.29 is 67.3 Å². The molecule has 330 valence electrons. The molecule has 8 N–H and O–H groups in total. The fraction of sp³-hybridized carbons (Fsp3) is 0.769. The fourth-order valence-electron chi connectivity index (χ4n) is 7.17. The highest BCUT2D eigenvalue weighted by Gasteiger charge is 2.55. The Morgan fingerprint density at radius 1 is 0.931 bits per heavy atom. The highest BCUT2D eigenvalue weighted by atomic mass is 19.1. The summed E-state index contributed by atoms with van der Waals surface area (Å²) in [4.78, 5) is 40.8. The van der Waals surface area contributed by atoms with E-state index in [0.29, 0.717) is 24.9 Å². The van der Waals surface area contributed by atoms with Crippen LogP contribution >= 0.6 is 0 Å². The number of likely N-dealkylation sites (N-methyl/N-ethyl adjacent to an activating group) is 1. The molecule has 1 aliphatic carbocycles. The van der Waals surface area contributed by atoms with Crippen LogP contribution in [0.4, 0.5) is 18.8 Å². The molecular weight excluding hydrogens is 765 g/mol. The lowest BCUT2D eigenvalue weighted by Crippen LogP contribution is -2.70. The van der Waals surface area contributed by atoms with Gasteiger partial charge in [0.15, 0.2) is 12.6 Å². The smallest absolute Gasteiger partial charge is 0.410 e. The van der Waals surface area contributed by atoms with Gasteiger partial charge in [-0.15, -0.1) is 0 Å². The van der Waals surface area contributed by atoms with Crippen molar-refractivity contribution in [2.45, 2.75) is 158 Å². The van der Waals surface area contributed by atoms with Gasteiger partial charge in [0.2, 0.25) is 0 Å². The lowest BCUT2D eigenvalue weighted by molar-refractivity contribution is -0.314. The van der Waals surface area contributed by atoms with Gasteiger partial charge in [-0.3, -0.25) is 0 Å². The molecule has 2 aliphatic heterocycles. The Kier molecular flexibility index (Phi) is 16.5. The minimum absolute atomic E-state index is 0.0880. The number of nitrogens with two attached hydrogens (primary N) is 1. The summed E-state index contributed by atoms with van der Waals surface area (Å²) < 4.78 is 54.1. The summed E-state index contributed by atoms with van der Waals surface area (Å²) in [5.74, 6) is 0. The molecule has 1 aromatic rings. The number of aliphatic hydroxyl groups excluding tert-OH is 2. The number of aliphatic hydroxyl groups is 3. The van der Waals surface area contributed by atoms with Crippen molar-refractivity contribution in [3.05, 3.63) is 35.9 Å². The topological polar surface area (TPSA) is 242 Å². The van der Waals surface area contributed by atoms with Crippen molar-refractivity contribution in [2.24, 2.45) is 5.73 Å². The van der Waals surface area contributed by atoms with E-state index in [0.717, 1.165) is 4.90 Å². The molecule has 1 aromatic carbocycles. The number of alkyl halides is 1. The van der Waals surface area contributed by atoms with Crippen molar-refractivity contribution in [1.82, 2.24) is 20.9 Å². The van der Waals surface area contributed by atoms with Crippen LogP contribution in [0.15, 0.2) is 30.3 Å². The molecule has 0 aromatic heterocycles. The Balaban J connectivity index is 1.66. The van der Waals surface area contributed by atoms with Crippen LogP contribution < -0.4 is 21.7 Å². The SMILES string of the molecule is CN(C(=O)OC(C)(C)C)[C@@H]1[C@@H](O)[C@@H](O[C@@H]2[C@@H](O)[C@H](O[C@H]3O[C@H](CNCCF)CC[C@H]3N)[C@@H](NC(=O)OC(C)(C)C)C[C@H]2NC(=O)OCc2ccccc2)OC[C@]1(C)O. The van der Waals surface area contributed by atoms with Crippen molar-refractivity contribution in [2.75, 3.05) is 33.4 Å². The number of carbonyl (C=O) groups is 3. The van der Waals surface area contributed by atoms with Crippen LogP contribution in [0, 0.1) is 0 Å². The molecule has 0 bridgehead atoms. The zero-order valence-electron chi connectivity index (χ0n) is 34.7. The van der Waals surface area contributed by atoms with E-state index in [1.54, 1.807) is 65.8 Å². The lowest BCUT2D eigenvalue weighted by atomic mass is 9.83. The van der Waals surface area contributed by atoms with Gasteiger partial charge in [0.25, 0.3) is 0 Å². The molecule has 3 aliphatic rings. The van der Waals surface area contributed by atoms with Gasteiger partial charge >= 0.3 is 18.3 Å². The van der Waals surface area contributed by atoms with E-state index in [1.165, 1.54) is 14.0 Å². The number of hydrogen-bond acceptors (Lipinski definition) is 15. The Hall–Kier alpha value is -3.40. The largest absolute Gasteiger partial charge is 0.445 e. The summed E-state index contributed by atoms with van der Waals surface area (Å²) in [5, 5.41) is 43.7. The number of nitrogens with one attached hydrogen (secondary N) is 3. The maximum atomic E-state index is 13.4. The molecular formula is C39H64FN5O13. The summed E-state index contributed by atoms with van der Waals surface area (Å²) in [6, 6.07) is 4.75. The van der Waals surface area contributed by atoms with Gasteiger partial charge in [-0.1, -0.05) is 30.3 Å². The molecule has 18 nitrogen and oxygen atoms in total. The number of alkyl carbamates (subject to hydrolysis) is 2. The Morgan fingerprint density at radius 3 is 2.14 bits per heavy atom. The number of rotatable bonds is 13. The minimum atomic E-state index is -1.78. The third-order valence-corrected chi connectivity index (χ3v) is 9.79. The van der Waals surface area contributed by atoms with Crippen molar-refractivity contribution >= 4 is 18.3 Å². The van der Waals surface area contributed by atoms with Crippen LogP contribution in [0.2, 0.25) is 0 Å². The normalized spacial score (nSPS) is 33.1. The van der Waals surface area contributed by atoms with Gasteiger partial charge < -0.3 is 75.1 Å². The minimum Gasteiger partial charge on any atom is -0.445 e. The molecule has 19 heteroatoms. The third-order valence-electron chi connectivity index (χ3n) is 9.79. The maximum absolute atomic E-state index is 13.4. The highest BCUT2D eigenvalue weighted by Crippen LogP contribution is 2.35. The van der Waals surface area contributed by atoms with Gasteiger partial charge in [-0.2, -0.15) is 0 Å². The lowest BCUT2D eigenvalue weighted by Gasteiger charge is -2.50. The molecule has 4 rings (SSSR count). The first-order valence-corrected chi connectivity index (χ1v) is 19.7. The summed E-state index contributed by atoms with van der Waals surface area (Å²) in [7, 11) is 1.35. The molecule has 0 radical (unpaired) electrons. The van der Waals surface area contributed by atoms with Gasteiger partial charge in [0, 0.05) is 20.1 Å². The molecule has 1 saturated carbocycles. The number of nitrogens with zero attached hydrogens (tertiary/aromatic N) is 1. The first kappa shape index (κ1) is 47.3. The fourth-order valence-corrected chi connectivity index (χ4v) is 7.17. The molecule has 12 atom stereocenters. The Labute approximate surface area is 339 Å². The molecule has 0 spiro atoms. The summed E-state index contributed by atoms with van der Waals surface area (Å²) in [5.41, 5.74) is 3.58. The van der Waals surface area contributed by atoms with Crippen molar-refractivity contribution in [3.63, 3.8) is 0 Å². The quantitative estimate of drug-likeness (QED) is 0.111. The number of ether oxygens (including phenoxy) is 7. The van der Waals surface area contributed by atoms with Crippen LogP contribution in [-0.2, 0) is 39.8 Å². The number of benzene rings is 1. The molecule has 0 unspecified atom stereocenters. The standard InChI is InChI=1S/C39H64FN5O13/c1-37(2,3)57-35(49)44-26-18-25(43-34(48)52-20-22-12-10-9-11-13-22)30(27(46)29(26)55-32-24(41)15-14-23(54-32)19-42-17-16-40)56-33-28(47)31(39(7,51)21-53-33)45(8)36(50)58-38(4,5)6/h9-13,23-33,42,46-47,51H,14-21,41H2,1-8H3,(H,43,48)(H,44,49)/t23-,24+,25+,26-,27-,28+,29+,30-,31+,32+,33+,39-/m0/s1. The van der Waals surface area contributed by atoms with E-state index in [-0.39, 0.29) is 19.6 Å². The van der Waals surface area contributed by atoms with Crippen LogP contribution in [0.25, 0.3) is 0 Å². The first-order chi connectivity index (χ1) is 27.1. The van der Waals surface area contributed by atoms with Crippen molar-refractivity contribution in [1.29, 1.82) is 0 Å². The van der Waals surface area contributed by atoms with E-state index in [2.05, 4.69) is 16.0 Å². The maximum Gasteiger partial charge on any atom is 0.410 e. The zero-order valence-corrected chi connectivity index (χ0v) is 34.7. The predicted octanol–water partition coefficient (Wildman–Crippen LogP) is 1.80. The highest BCUT2D eigenvalue weighted by molar-refractivity contribution is 5.69. The van der Waals surface area contributed by atoms with Gasteiger partial charge in [-0.25, -0.2) is 18.8 Å². The first-order valence-electron chi connectivity index (χ1n) is 19.7. The second-order valence-electron chi connectivity index (χ2n) is 17.3. The van der Waals surface area contributed by atoms with Gasteiger partial charge in [-0.05, 0) is 73.3 Å². The third kappa shape index (κ3) is 13.6. The second-order valence-corrected chi connectivity index (χ2v) is 17.3. The monoisotopic (exact) mass is 829 g/mol. The number of carbonyl (C=O) groups excluding carboxylic acids is 3. The van der Waals surface area contributed by atoms with E-state index in [4.69, 9.17) is 38.9 Å². The van der Waals surface area contributed by atoms with Crippen LogP contribution in [0.3, 0.4) is 0 Å². The van der Waals surface area contributed by atoms with E-state index < -0.39 is 116 Å². The average Bonchev–Trinajstić information content (AvgIpc) is 3.11. The van der Waals surface area contributed by atoms with Crippen LogP contribution in [0.5, 0.6) is 0 Å². The van der Waals surface area contributed by atoms with Gasteiger partial charge in [0.1, 0.15) is 54.5 Å². The van der Waals surface area contributed by atoms with E-state index in [9.17, 15) is 34.1 Å². The summed E-state index contributed by atoms with van der Waals surface area (Å²) >= 11 is 0. The van der Waals surface area contributed by atoms with Gasteiger partial charge in [0.05, 0.1) is 36.9 Å². The number of halogens is 1. The molecule has 2 heterocycles. The molecule has 58 heavy (non-hydrogen) atoms. The van der Waals surface area contributed by atoms with Crippen LogP contribution in [0.1, 0.15) is 73.3 Å². The Morgan fingerprint density at radius 2 is 1.53 bits per heavy atom. The summed E-state index contributed by atoms with van der Waals surface area (Å²) in [6.45, 7) is 10.8. The number of amides is 3. The van der Waals surface area contributed by atoms with Crippen LogP contribution in [-0.4, -0.2) is 156 Å². The van der Waals surface area contributed by atoms with E-state index >= 15 is 0 Å². The average molecular weight is 830 g/mol. The molecule has 2 saturated heterocycles. The van der Waals surface area contributed by atoms with Crippen molar-refractivity contribution in [3.8, 4) is 0 Å². The van der Waals surface area contributed by atoms with E-state index in [1.807, 2.05) is 6.07 Å². The molecule has 3 amide bonds. The Bertz CT molecular complexity index is 1480. The predicted molar refractivity (Wildman–Crippen MR) is 206 cm³/mol.